The Kier molecular flexibility index (Phi) is 4.73. The molecule has 0 amide bonds. The summed E-state index contributed by atoms with van der Waals surface area (Å²) in [6.07, 6.45) is 0. The average molecular weight is 352 g/mol. The molecule has 7 heteroatoms. The molecule has 4 nitrogen and oxygen atoms in total. The molecule has 0 N–H and O–H groups in total. The molecule has 0 aliphatic carbocycles. The van der Waals surface area contributed by atoms with Crippen molar-refractivity contribution >= 4 is 39.1 Å². The van der Waals surface area contributed by atoms with E-state index in [-0.39, 0.29) is 24.0 Å². The van der Waals surface area contributed by atoms with E-state index in [1.165, 1.54) is 23.5 Å². The number of hydrogen-bond acceptors (Lipinski definition) is 5. The second kappa shape index (κ2) is 6.93. The molecule has 3 aromatic rings. The standard InChI is InChI=1S/C16H11ClFNO3S/c17-11-7-10(18)5-6-13(11)21-9-16(20)22-8-15-19-12-3-1-2-4-14(12)23-15/h1-7H,8-9H2. The van der Waals surface area contributed by atoms with Crippen LogP contribution in [0.4, 0.5) is 4.39 Å². The summed E-state index contributed by atoms with van der Waals surface area (Å²) in [5.74, 6) is -0.796. The number of rotatable bonds is 5. The number of carbonyl (C=O) groups excluding carboxylic acids is 1. The van der Waals surface area contributed by atoms with E-state index < -0.39 is 11.8 Å². The average Bonchev–Trinajstić information content (AvgIpc) is 2.95. The van der Waals surface area contributed by atoms with E-state index in [1.807, 2.05) is 24.3 Å². The Morgan fingerprint density at radius 1 is 1.26 bits per heavy atom. The van der Waals surface area contributed by atoms with Gasteiger partial charge in [-0.2, -0.15) is 0 Å². The summed E-state index contributed by atoms with van der Waals surface area (Å²) in [7, 11) is 0. The Hall–Kier alpha value is -2.18. The van der Waals surface area contributed by atoms with E-state index in [0.29, 0.717) is 5.01 Å². The van der Waals surface area contributed by atoms with Crippen LogP contribution >= 0.6 is 22.9 Å². The molecule has 3 rings (SSSR count). The van der Waals surface area contributed by atoms with Crippen LogP contribution in [0.3, 0.4) is 0 Å². The number of fused-ring (bicyclic) bond motifs is 1. The molecule has 0 spiro atoms. The lowest BCUT2D eigenvalue weighted by Crippen LogP contribution is -2.14. The van der Waals surface area contributed by atoms with Crippen LogP contribution in [0.25, 0.3) is 10.2 Å². The summed E-state index contributed by atoms with van der Waals surface area (Å²) >= 11 is 7.27. The molecule has 0 saturated heterocycles. The molecule has 0 bridgehead atoms. The van der Waals surface area contributed by atoms with Gasteiger partial charge in [0.15, 0.2) is 6.61 Å². The van der Waals surface area contributed by atoms with Crippen molar-refractivity contribution in [2.45, 2.75) is 6.61 Å². The first-order chi connectivity index (χ1) is 11.1. The van der Waals surface area contributed by atoms with Crippen LogP contribution < -0.4 is 4.74 Å². The summed E-state index contributed by atoms with van der Waals surface area (Å²) < 4.78 is 24.3. The van der Waals surface area contributed by atoms with Crippen molar-refractivity contribution < 1.29 is 18.7 Å². The molecule has 118 valence electrons. The number of para-hydroxylation sites is 1. The minimum Gasteiger partial charge on any atom is -0.480 e. The zero-order chi connectivity index (χ0) is 16.2. The molecule has 0 fully saturated rings. The van der Waals surface area contributed by atoms with Crippen molar-refractivity contribution in [1.29, 1.82) is 0 Å². The van der Waals surface area contributed by atoms with Crippen LogP contribution in [0.2, 0.25) is 5.02 Å². The first kappa shape index (κ1) is 15.7. The van der Waals surface area contributed by atoms with Gasteiger partial charge in [0.1, 0.15) is 23.2 Å². The lowest BCUT2D eigenvalue weighted by atomic mass is 10.3. The zero-order valence-electron chi connectivity index (χ0n) is 11.8. The molecule has 1 heterocycles. The van der Waals surface area contributed by atoms with Crippen molar-refractivity contribution in [3.05, 3.63) is 58.3 Å². The van der Waals surface area contributed by atoms with Gasteiger partial charge in [-0.1, -0.05) is 23.7 Å². The number of carbonyl (C=O) groups is 1. The van der Waals surface area contributed by atoms with Crippen LogP contribution in [-0.4, -0.2) is 17.6 Å². The van der Waals surface area contributed by atoms with E-state index in [4.69, 9.17) is 21.1 Å². The molecular formula is C16H11ClFNO3S. The fourth-order valence-corrected chi connectivity index (χ4v) is 3.00. The predicted octanol–water partition coefficient (Wildman–Crippen LogP) is 4.21. The van der Waals surface area contributed by atoms with Crippen molar-refractivity contribution in [3.63, 3.8) is 0 Å². The van der Waals surface area contributed by atoms with Gasteiger partial charge in [0.25, 0.3) is 0 Å². The summed E-state index contributed by atoms with van der Waals surface area (Å²) in [4.78, 5) is 16.1. The highest BCUT2D eigenvalue weighted by Gasteiger charge is 2.10. The molecule has 1 aromatic heterocycles. The highest BCUT2D eigenvalue weighted by molar-refractivity contribution is 7.18. The molecule has 0 aliphatic rings. The molecule has 0 saturated carbocycles. The number of thiazole rings is 1. The third-order valence-electron chi connectivity index (χ3n) is 2.93. The fourth-order valence-electron chi connectivity index (χ4n) is 1.89. The number of hydrogen-bond donors (Lipinski definition) is 0. The Balaban J connectivity index is 1.53. The summed E-state index contributed by atoms with van der Waals surface area (Å²) in [5.41, 5.74) is 0.873. The molecule has 0 atom stereocenters. The van der Waals surface area contributed by atoms with Crippen molar-refractivity contribution in [3.8, 4) is 5.75 Å². The highest BCUT2D eigenvalue weighted by atomic mass is 35.5. The van der Waals surface area contributed by atoms with Gasteiger partial charge in [0, 0.05) is 0 Å². The van der Waals surface area contributed by atoms with Gasteiger partial charge < -0.3 is 9.47 Å². The van der Waals surface area contributed by atoms with E-state index in [0.717, 1.165) is 16.3 Å². The first-order valence-electron chi connectivity index (χ1n) is 6.70. The van der Waals surface area contributed by atoms with Crippen molar-refractivity contribution in [1.82, 2.24) is 4.98 Å². The SMILES string of the molecule is O=C(COc1ccc(F)cc1Cl)OCc1nc2ccccc2s1. The number of ether oxygens (including phenoxy) is 2. The molecule has 0 unspecified atom stereocenters. The molecular weight excluding hydrogens is 341 g/mol. The molecule has 23 heavy (non-hydrogen) atoms. The number of nitrogens with zero attached hydrogens (tertiary/aromatic N) is 1. The van der Waals surface area contributed by atoms with Gasteiger partial charge in [-0.15, -0.1) is 11.3 Å². The topological polar surface area (TPSA) is 48.4 Å². The Morgan fingerprint density at radius 2 is 2.09 bits per heavy atom. The summed E-state index contributed by atoms with van der Waals surface area (Å²) in [6, 6.07) is 11.4. The van der Waals surface area contributed by atoms with Gasteiger partial charge in [-0.3, -0.25) is 0 Å². The van der Waals surface area contributed by atoms with E-state index in [2.05, 4.69) is 4.98 Å². The van der Waals surface area contributed by atoms with E-state index in [9.17, 15) is 9.18 Å². The van der Waals surface area contributed by atoms with Gasteiger partial charge in [0.2, 0.25) is 0 Å². The van der Waals surface area contributed by atoms with Gasteiger partial charge in [-0.25, -0.2) is 14.2 Å². The van der Waals surface area contributed by atoms with Gasteiger partial charge in [0.05, 0.1) is 15.2 Å². The smallest absolute Gasteiger partial charge is 0.344 e. The number of aromatic nitrogens is 1. The molecule has 2 aromatic carbocycles. The molecule has 0 aliphatic heterocycles. The minimum atomic E-state index is -0.551. The minimum absolute atomic E-state index is 0.0820. The van der Waals surface area contributed by atoms with Crippen LogP contribution in [-0.2, 0) is 16.1 Å². The third kappa shape index (κ3) is 3.97. The van der Waals surface area contributed by atoms with E-state index >= 15 is 0 Å². The van der Waals surface area contributed by atoms with Crippen molar-refractivity contribution in [2.24, 2.45) is 0 Å². The fraction of sp³-hybridized carbons (Fsp3) is 0.125. The maximum absolute atomic E-state index is 12.9. The highest BCUT2D eigenvalue weighted by Crippen LogP contribution is 2.25. The lowest BCUT2D eigenvalue weighted by Gasteiger charge is -2.07. The Morgan fingerprint density at radius 3 is 2.87 bits per heavy atom. The Bertz CT molecular complexity index is 819. The number of halogens is 2. The Labute approximate surface area is 140 Å². The largest absolute Gasteiger partial charge is 0.480 e. The predicted molar refractivity (Wildman–Crippen MR) is 86.3 cm³/mol. The van der Waals surface area contributed by atoms with Crippen LogP contribution in [0.1, 0.15) is 5.01 Å². The lowest BCUT2D eigenvalue weighted by molar-refractivity contribution is -0.147. The van der Waals surface area contributed by atoms with E-state index in [1.54, 1.807) is 0 Å². The monoisotopic (exact) mass is 351 g/mol. The summed E-state index contributed by atoms with van der Waals surface area (Å²) in [6.45, 7) is -0.227. The van der Waals surface area contributed by atoms with Crippen LogP contribution in [0.5, 0.6) is 5.75 Å². The first-order valence-corrected chi connectivity index (χ1v) is 7.89. The van der Waals surface area contributed by atoms with Crippen LogP contribution in [0.15, 0.2) is 42.5 Å². The number of benzene rings is 2. The summed E-state index contributed by atoms with van der Waals surface area (Å²) in [5, 5.41) is 0.809. The van der Waals surface area contributed by atoms with Gasteiger partial charge >= 0.3 is 5.97 Å². The maximum Gasteiger partial charge on any atom is 0.344 e. The normalized spacial score (nSPS) is 10.7. The van der Waals surface area contributed by atoms with Gasteiger partial charge in [-0.05, 0) is 30.3 Å². The molecule has 0 radical (unpaired) electrons. The van der Waals surface area contributed by atoms with Crippen molar-refractivity contribution in [2.75, 3.05) is 6.61 Å². The zero-order valence-corrected chi connectivity index (χ0v) is 13.4. The second-order valence-corrected chi connectivity index (χ2v) is 6.12. The second-order valence-electron chi connectivity index (χ2n) is 4.60. The quantitative estimate of drug-likeness (QED) is 0.646. The number of esters is 1. The third-order valence-corrected chi connectivity index (χ3v) is 4.24. The van der Waals surface area contributed by atoms with Crippen LogP contribution in [0, 0.1) is 5.82 Å². The maximum atomic E-state index is 12.9.